The Kier molecular flexibility index (Phi) is 5.22. The maximum Gasteiger partial charge on any atom is 0.267 e. The number of amides is 1. The summed E-state index contributed by atoms with van der Waals surface area (Å²) in [6.45, 7) is 1.90. The molecule has 126 valence electrons. The summed E-state index contributed by atoms with van der Waals surface area (Å²) < 4.78 is 1.51. The van der Waals surface area contributed by atoms with Crippen LogP contribution in [0.25, 0.3) is 0 Å². The first-order valence-electron chi connectivity index (χ1n) is 7.37. The number of rotatable bonds is 4. The second-order valence-corrected chi connectivity index (χ2v) is 7.89. The third-order valence-electron chi connectivity index (χ3n) is 3.65. The average Bonchev–Trinajstić information content (AvgIpc) is 3.01. The van der Waals surface area contributed by atoms with Gasteiger partial charge in [-0.15, -0.1) is 11.8 Å². The number of anilines is 1. The lowest BCUT2D eigenvalue weighted by Crippen LogP contribution is -2.23. The Morgan fingerprint density at radius 3 is 3.04 bits per heavy atom. The van der Waals surface area contributed by atoms with Crippen molar-refractivity contribution in [2.24, 2.45) is 7.05 Å². The molecule has 1 amide bonds. The molecule has 2 heterocycles. The van der Waals surface area contributed by atoms with Crippen LogP contribution < -0.4 is 10.9 Å². The van der Waals surface area contributed by atoms with Crippen molar-refractivity contribution in [3.63, 3.8) is 0 Å². The fourth-order valence-corrected chi connectivity index (χ4v) is 4.33. The van der Waals surface area contributed by atoms with E-state index in [0.717, 1.165) is 28.3 Å². The van der Waals surface area contributed by atoms with Crippen LogP contribution in [0.15, 0.2) is 33.0 Å². The van der Waals surface area contributed by atoms with Gasteiger partial charge < -0.3 is 5.32 Å². The van der Waals surface area contributed by atoms with Crippen LogP contribution in [-0.4, -0.2) is 27.0 Å². The van der Waals surface area contributed by atoms with Crippen LogP contribution in [0.2, 0.25) is 5.02 Å². The van der Waals surface area contributed by atoms with E-state index in [1.807, 2.05) is 19.1 Å². The van der Waals surface area contributed by atoms with Crippen molar-refractivity contribution in [3.05, 3.63) is 44.8 Å². The molecule has 24 heavy (non-hydrogen) atoms. The summed E-state index contributed by atoms with van der Waals surface area (Å²) in [5.74, 6) is 0.905. The van der Waals surface area contributed by atoms with E-state index in [4.69, 9.17) is 11.6 Å². The van der Waals surface area contributed by atoms with Crippen LogP contribution in [0.4, 0.5) is 5.69 Å². The van der Waals surface area contributed by atoms with Crippen LogP contribution in [0.1, 0.15) is 11.3 Å². The molecule has 3 rings (SSSR count). The molecule has 0 fully saturated rings. The second kappa shape index (κ2) is 7.21. The van der Waals surface area contributed by atoms with Gasteiger partial charge in [0.1, 0.15) is 0 Å². The molecular formula is C16H16ClN3O2S2. The summed E-state index contributed by atoms with van der Waals surface area (Å²) >= 11 is 8.86. The van der Waals surface area contributed by atoms with Crippen LogP contribution in [-0.2, 0) is 18.3 Å². The predicted octanol–water partition coefficient (Wildman–Crippen LogP) is 3.12. The Labute approximate surface area is 153 Å². The van der Waals surface area contributed by atoms with Gasteiger partial charge in [-0.2, -0.15) is 0 Å². The van der Waals surface area contributed by atoms with Gasteiger partial charge in [-0.05, 0) is 24.6 Å². The van der Waals surface area contributed by atoms with Gasteiger partial charge in [-0.25, -0.2) is 4.98 Å². The number of nitrogens with one attached hydrogen (secondary N) is 1. The van der Waals surface area contributed by atoms with Gasteiger partial charge in [0.25, 0.3) is 5.56 Å². The van der Waals surface area contributed by atoms with E-state index in [1.165, 1.54) is 16.3 Å². The van der Waals surface area contributed by atoms with Crippen molar-refractivity contribution in [2.75, 3.05) is 16.8 Å². The Bertz CT molecular complexity index is 867. The lowest BCUT2D eigenvalue weighted by Gasteiger charge is -2.10. The minimum Gasteiger partial charge on any atom is -0.325 e. The molecule has 1 N–H and O–H groups in total. The number of carbonyl (C=O) groups is 1. The second-order valence-electron chi connectivity index (χ2n) is 5.43. The number of carbonyl (C=O) groups excluding carboxylic acids is 1. The maximum absolute atomic E-state index is 12.3. The molecule has 0 atom stereocenters. The first-order valence-corrected chi connectivity index (χ1v) is 9.72. The maximum atomic E-state index is 12.3. The van der Waals surface area contributed by atoms with Gasteiger partial charge in [0.15, 0.2) is 5.16 Å². The van der Waals surface area contributed by atoms with Crippen molar-refractivity contribution in [3.8, 4) is 0 Å². The molecule has 0 spiro atoms. The molecule has 0 saturated heterocycles. The Morgan fingerprint density at radius 2 is 2.29 bits per heavy atom. The number of halogens is 1. The topological polar surface area (TPSA) is 64.0 Å². The smallest absolute Gasteiger partial charge is 0.267 e. The molecule has 1 aliphatic rings. The molecule has 8 heteroatoms. The molecule has 5 nitrogen and oxygen atoms in total. The zero-order valence-corrected chi connectivity index (χ0v) is 15.6. The number of benzene rings is 1. The summed E-state index contributed by atoms with van der Waals surface area (Å²) in [7, 11) is 1.69. The molecular weight excluding hydrogens is 366 g/mol. The van der Waals surface area contributed by atoms with Crippen molar-refractivity contribution in [1.82, 2.24) is 9.55 Å². The lowest BCUT2D eigenvalue weighted by molar-refractivity contribution is -0.113. The number of fused-ring (bicyclic) bond motifs is 1. The molecule has 0 aliphatic carbocycles. The Balaban J connectivity index is 1.67. The van der Waals surface area contributed by atoms with E-state index < -0.39 is 0 Å². The SMILES string of the molecule is Cc1ccc(NC(=O)CSc2nc3c(c(=O)n2C)SCC3)cc1Cl. The van der Waals surface area contributed by atoms with Crippen LogP contribution in [0.3, 0.4) is 0 Å². The minimum absolute atomic E-state index is 0.0317. The zero-order valence-electron chi connectivity index (χ0n) is 13.3. The van der Waals surface area contributed by atoms with Gasteiger partial charge in [0.05, 0.1) is 16.3 Å². The summed E-state index contributed by atoms with van der Waals surface area (Å²) in [6.07, 6.45) is 0.803. The first-order chi connectivity index (χ1) is 11.5. The number of hydrogen-bond donors (Lipinski definition) is 1. The van der Waals surface area contributed by atoms with E-state index in [0.29, 0.717) is 15.9 Å². The zero-order chi connectivity index (χ0) is 17.3. The van der Waals surface area contributed by atoms with Gasteiger partial charge in [-0.3, -0.25) is 14.2 Å². The highest BCUT2D eigenvalue weighted by Gasteiger charge is 2.20. The Morgan fingerprint density at radius 1 is 1.50 bits per heavy atom. The number of aromatic nitrogens is 2. The van der Waals surface area contributed by atoms with Crippen molar-refractivity contribution in [2.45, 2.75) is 23.4 Å². The largest absolute Gasteiger partial charge is 0.325 e. The molecule has 1 aromatic carbocycles. The Hall–Kier alpha value is -1.44. The van der Waals surface area contributed by atoms with E-state index in [2.05, 4.69) is 10.3 Å². The van der Waals surface area contributed by atoms with Gasteiger partial charge in [0.2, 0.25) is 5.91 Å². The minimum atomic E-state index is -0.163. The highest BCUT2D eigenvalue weighted by Crippen LogP contribution is 2.28. The lowest BCUT2D eigenvalue weighted by atomic mass is 10.2. The quantitative estimate of drug-likeness (QED) is 0.651. The van der Waals surface area contributed by atoms with Gasteiger partial charge in [-0.1, -0.05) is 29.4 Å². The number of nitrogens with zero attached hydrogens (tertiary/aromatic N) is 2. The molecule has 0 radical (unpaired) electrons. The summed E-state index contributed by atoms with van der Waals surface area (Å²) in [6, 6.07) is 5.39. The number of hydrogen-bond acceptors (Lipinski definition) is 5. The summed E-state index contributed by atoms with van der Waals surface area (Å²) in [4.78, 5) is 29.6. The van der Waals surface area contributed by atoms with E-state index in [1.54, 1.807) is 24.9 Å². The highest BCUT2D eigenvalue weighted by atomic mass is 35.5. The monoisotopic (exact) mass is 381 g/mol. The molecule has 1 aliphatic heterocycles. The first kappa shape index (κ1) is 17.4. The number of aryl methyl sites for hydroxylation is 2. The fraction of sp³-hybridized carbons (Fsp3) is 0.312. The van der Waals surface area contributed by atoms with Crippen molar-refractivity contribution in [1.29, 1.82) is 0 Å². The van der Waals surface area contributed by atoms with Crippen molar-refractivity contribution >= 4 is 46.7 Å². The summed E-state index contributed by atoms with van der Waals surface area (Å²) in [5.41, 5.74) is 2.43. The third-order valence-corrected chi connectivity index (χ3v) is 6.20. The normalized spacial score (nSPS) is 13.0. The molecule has 2 aromatic rings. The number of thioether (sulfide) groups is 2. The van der Waals surface area contributed by atoms with Crippen LogP contribution in [0, 0.1) is 6.92 Å². The van der Waals surface area contributed by atoms with Crippen molar-refractivity contribution < 1.29 is 4.79 Å². The molecule has 0 bridgehead atoms. The predicted molar refractivity (Wildman–Crippen MR) is 99.4 cm³/mol. The molecule has 1 aromatic heterocycles. The third kappa shape index (κ3) is 3.63. The van der Waals surface area contributed by atoms with Gasteiger partial charge in [0, 0.05) is 29.9 Å². The standard InChI is InChI=1S/C16H16ClN3O2S2/c1-9-3-4-10(7-11(9)17)18-13(21)8-24-16-19-12-5-6-23-14(12)15(22)20(16)2/h3-4,7H,5-6,8H2,1-2H3,(H,18,21). The summed E-state index contributed by atoms with van der Waals surface area (Å²) in [5, 5.41) is 3.98. The average molecular weight is 382 g/mol. The van der Waals surface area contributed by atoms with Crippen LogP contribution >= 0.6 is 35.1 Å². The highest BCUT2D eigenvalue weighted by molar-refractivity contribution is 8.00. The fourth-order valence-electron chi connectivity index (χ4n) is 2.29. The van der Waals surface area contributed by atoms with E-state index in [9.17, 15) is 9.59 Å². The molecule has 0 saturated carbocycles. The van der Waals surface area contributed by atoms with E-state index in [-0.39, 0.29) is 17.2 Å². The molecule has 0 unspecified atom stereocenters. The van der Waals surface area contributed by atoms with Crippen LogP contribution in [0.5, 0.6) is 0 Å². The van der Waals surface area contributed by atoms with E-state index >= 15 is 0 Å². The van der Waals surface area contributed by atoms with Gasteiger partial charge >= 0.3 is 0 Å².